The molecule has 2 aromatic heterocycles. The molecule has 3 heterocycles. The summed E-state index contributed by atoms with van der Waals surface area (Å²) in [4.78, 5) is 9.57. The van der Waals surface area contributed by atoms with E-state index in [1.165, 1.54) is 6.20 Å². The summed E-state index contributed by atoms with van der Waals surface area (Å²) < 4.78 is 26.9. The first-order valence-electron chi connectivity index (χ1n) is 5.64. The highest BCUT2D eigenvalue weighted by atomic mass is 19.3. The SMILES string of the molecule is Nc1nc(N2CCCC(F)(F)C2)c2cn[nH]c2n1. The predicted molar refractivity (Wildman–Crippen MR) is 62.5 cm³/mol. The third-order valence-corrected chi connectivity index (χ3v) is 3.00. The van der Waals surface area contributed by atoms with Gasteiger partial charge in [-0.3, -0.25) is 5.10 Å². The maximum absolute atomic E-state index is 13.4. The Morgan fingerprint density at radius 2 is 2.22 bits per heavy atom. The van der Waals surface area contributed by atoms with Crippen LogP contribution in [0.25, 0.3) is 11.0 Å². The van der Waals surface area contributed by atoms with Gasteiger partial charge in [0.2, 0.25) is 5.95 Å². The van der Waals surface area contributed by atoms with Crippen molar-refractivity contribution in [3.05, 3.63) is 6.20 Å². The topological polar surface area (TPSA) is 83.7 Å². The van der Waals surface area contributed by atoms with Gasteiger partial charge in [0, 0.05) is 13.0 Å². The third-order valence-electron chi connectivity index (χ3n) is 3.00. The van der Waals surface area contributed by atoms with Crippen molar-refractivity contribution >= 4 is 22.8 Å². The Kier molecular flexibility index (Phi) is 2.32. The minimum absolute atomic E-state index is 0.0515. The molecule has 3 N–H and O–H groups in total. The maximum atomic E-state index is 13.4. The standard InChI is InChI=1S/C10H12F2N6/c11-10(12)2-1-3-18(5-10)8-6-4-14-17-7(6)15-9(13)16-8/h4H,1-3,5H2,(H3,13,14,15,16,17). The number of fused-ring (bicyclic) bond motifs is 1. The van der Waals surface area contributed by atoms with E-state index < -0.39 is 5.92 Å². The molecule has 96 valence electrons. The van der Waals surface area contributed by atoms with E-state index in [1.807, 2.05) is 0 Å². The number of nitrogens with zero attached hydrogens (tertiary/aromatic N) is 4. The molecule has 18 heavy (non-hydrogen) atoms. The van der Waals surface area contributed by atoms with Gasteiger partial charge in [-0.15, -0.1) is 0 Å². The number of nitrogens with two attached hydrogens (primary N) is 1. The molecular formula is C10H12F2N6. The summed E-state index contributed by atoms with van der Waals surface area (Å²) in [5.41, 5.74) is 6.04. The van der Waals surface area contributed by atoms with Crippen LogP contribution in [0.2, 0.25) is 0 Å². The first-order chi connectivity index (χ1) is 8.55. The molecule has 0 radical (unpaired) electrons. The maximum Gasteiger partial charge on any atom is 0.265 e. The van der Waals surface area contributed by atoms with Crippen molar-refractivity contribution in [2.75, 3.05) is 23.7 Å². The highest BCUT2D eigenvalue weighted by molar-refractivity contribution is 5.87. The van der Waals surface area contributed by atoms with E-state index in [9.17, 15) is 8.78 Å². The molecule has 0 aromatic carbocycles. The summed E-state index contributed by atoms with van der Waals surface area (Å²) in [6.45, 7) is 0.191. The highest BCUT2D eigenvalue weighted by Crippen LogP contribution is 2.32. The first kappa shape index (κ1) is 11.1. The van der Waals surface area contributed by atoms with Gasteiger partial charge in [0.25, 0.3) is 5.92 Å². The second kappa shape index (κ2) is 3.76. The van der Waals surface area contributed by atoms with Gasteiger partial charge in [0.05, 0.1) is 18.1 Å². The third kappa shape index (κ3) is 1.83. The molecule has 8 heteroatoms. The summed E-state index contributed by atoms with van der Waals surface area (Å²) >= 11 is 0. The van der Waals surface area contributed by atoms with Crippen LogP contribution in [-0.4, -0.2) is 39.2 Å². The predicted octanol–water partition coefficient (Wildman–Crippen LogP) is 1.17. The number of aromatic amines is 1. The number of H-pyrrole nitrogens is 1. The van der Waals surface area contributed by atoms with Crippen LogP contribution in [-0.2, 0) is 0 Å². The molecule has 1 saturated heterocycles. The van der Waals surface area contributed by atoms with E-state index in [1.54, 1.807) is 4.90 Å². The van der Waals surface area contributed by atoms with Crippen LogP contribution < -0.4 is 10.6 Å². The van der Waals surface area contributed by atoms with E-state index in [4.69, 9.17) is 5.73 Å². The quantitative estimate of drug-likeness (QED) is 0.798. The zero-order valence-electron chi connectivity index (χ0n) is 9.53. The monoisotopic (exact) mass is 254 g/mol. The highest BCUT2D eigenvalue weighted by Gasteiger charge is 2.36. The van der Waals surface area contributed by atoms with Crippen molar-refractivity contribution in [1.82, 2.24) is 20.2 Å². The summed E-state index contributed by atoms with van der Waals surface area (Å²) in [5.74, 6) is -2.21. The second-order valence-electron chi connectivity index (χ2n) is 4.42. The molecule has 0 unspecified atom stereocenters. The van der Waals surface area contributed by atoms with Gasteiger partial charge in [-0.1, -0.05) is 0 Å². The van der Waals surface area contributed by atoms with Crippen molar-refractivity contribution in [2.45, 2.75) is 18.8 Å². The van der Waals surface area contributed by atoms with E-state index in [0.29, 0.717) is 29.8 Å². The molecule has 6 nitrogen and oxygen atoms in total. The second-order valence-corrected chi connectivity index (χ2v) is 4.42. The molecule has 0 amide bonds. The average molecular weight is 254 g/mol. The zero-order chi connectivity index (χ0) is 12.8. The molecule has 0 aliphatic carbocycles. The minimum atomic E-state index is -2.69. The van der Waals surface area contributed by atoms with E-state index in [-0.39, 0.29) is 18.9 Å². The smallest absolute Gasteiger partial charge is 0.265 e. The van der Waals surface area contributed by atoms with Gasteiger partial charge < -0.3 is 10.6 Å². The summed E-state index contributed by atoms with van der Waals surface area (Å²) in [7, 11) is 0. The normalized spacial score (nSPS) is 19.3. The van der Waals surface area contributed by atoms with Gasteiger partial charge in [-0.2, -0.15) is 15.1 Å². The number of hydrogen-bond acceptors (Lipinski definition) is 5. The Labute approximate surface area is 101 Å². The van der Waals surface area contributed by atoms with Crippen LogP contribution in [0.5, 0.6) is 0 Å². The molecule has 1 aliphatic rings. The van der Waals surface area contributed by atoms with Crippen LogP contribution in [0.4, 0.5) is 20.5 Å². The van der Waals surface area contributed by atoms with E-state index in [0.717, 1.165) is 0 Å². The molecule has 0 spiro atoms. The van der Waals surface area contributed by atoms with Gasteiger partial charge in [-0.25, -0.2) is 8.78 Å². The lowest BCUT2D eigenvalue weighted by Gasteiger charge is -2.33. The number of nitrogen functional groups attached to an aromatic ring is 1. The van der Waals surface area contributed by atoms with Crippen molar-refractivity contribution in [2.24, 2.45) is 0 Å². The van der Waals surface area contributed by atoms with Crippen molar-refractivity contribution in [3.8, 4) is 0 Å². The number of nitrogens with one attached hydrogen (secondary N) is 1. The number of hydrogen-bond donors (Lipinski definition) is 2. The van der Waals surface area contributed by atoms with Crippen LogP contribution in [0.3, 0.4) is 0 Å². The Balaban J connectivity index is 2.05. The Bertz CT molecular complexity index is 581. The van der Waals surface area contributed by atoms with Crippen molar-refractivity contribution in [1.29, 1.82) is 0 Å². The molecular weight excluding hydrogens is 242 g/mol. The Hall–Kier alpha value is -1.99. The van der Waals surface area contributed by atoms with Gasteiger partial charge in [0.1, 0.15) is 5.82 Å². The van der Waals surface area contributed by atoms with Gasteiger partial charge in [-0.05, 0) is 6.42 Å². The number of anilines is 2. The van der Waals surface area contributed by atoms with Crippen LogP contribution in [0, 0.1) is 0 Å². The van der Waals surface area contributed by atoms with E-state index in [2.05, 4.69) is 20.2 Å². The molecule has 0 bridgehead atoms. The minimum Gasteiger partial charge on any atom is -0.368 e. The van der Waals surface area contributed by atoms with Gasteiger partial charge >= 0.3 is 0 Å². The van der Waals surface area contributed by atoms with Crippen LogP contribution in [0.15, 0.2) is 6.20 Å². The summed E-state index contributed by atoms with van der Waals surface area (Å²) in [6, 6.07) is 0. The number of piperidine rings is 1. The van der Waals surface area contributed by atoms with Crippen LogP contribution >= 0.6 is 0 Å². The lowest BCUT2D eigenvalue weighted by atomic mass is 10.1. The first-order valence-corrected chi connectivity index (χ1v) is 5.64. The lowest BCUT2D eigenvalue weighted by molar-refractivity contribution is -0.0117. The number of halogens is 2. The Morgan fingerprint density at radius 1 is 1.39 bits per heavy atom. The van der Waals surface area contributed by atoms with Crippen LogP contribution in [0.1, 0.15) is 12.8 Å². The molecule has 2 aromatic rings. The van der Waals surface area contributed by atoms with Gasteiger partial charge in [0.15, 0.2) is 5.65 Å². The number of aromatic nitrogens is 4. The largest absolute Gasteiger partial charge is 0.368 e. The lowest BCUT2D eigenvalue weighted by Crippen LogP contribution is -2.43. The van der Waals surface area contributed by atoms with E-state index >= 15 is 0 Å². The molecule has 0 saturated carbocycles. The number of rotatable bonds is 1. The molecule has 1 aliphatic heterocycles. The molecule has 3 rings (SSSR count). The molecule has 1 fully saturated rings. The average Bonchev–Trinajstić information content (AvgIpc) is 2.74. The molecule has 0 atom stereocenters. The zero-order valence-corrected chi connectivity index (χ0v) is 9.53. The number of alkyl halides is 2. The Morgan fingerprint density at radius 3 is 3.00 bits per heavy atom. The fourth-order valence-electron chi connectivity index (χ4n) is 2.22. The summed E-state index contributed by atoms with van der Waals surface area (Å²) in [6.07, 6.45) is 1.87. The fraction of sp³-hybridized carbons (Fsp3) is 0.500. The fourth-order valence-corrected chi connectivity index (χ4v) is 2.22. The summed E-state index contributed by atoms with van der Waals surface area (Å²) in [5, 5.41) is 7.12. The van der Waals surface area contributed by atoms with Crippen molar-refractivity contribution < 1.29 is 8.78 Å². The van der Waals surface area contributed by atoms with Crippen molar-refractivity contribution in [3.63, 3.8) is 0 Å².